The quantitative estimate of drug-likeness (QED) is 0.149. The van der Waals surface area contributed by atoms with Gasteiger partial charge in [-0.25, -0.2) is 0 Å². The van der Waals surface area contributed by atoms with Gasteiger partial charge in [-0.3, -0.25) is 24.9 Å². The fourth-order valence-electron chi connectivity index (χ4n) is 4.14. The highest BCUT2D eigenvalue weighted by molar-refractivity contribution is 6.12. The summed E-state index contributed by atoms with van der Waals surface area (Å²) in [6.45, 7) is 1.44. The molecule has 4 aromatic rings. The van der Waals surface area contributed by atoms with Crippen LogP contribution in [0.5, 0.6) is 11.5 Å². The van der Waals surface area contributed by atoms with Gasteiger partial charge >= 0.3 is 0 Å². The summed E-state index contributed by atoms with van der Waals surface area (Å²) in [5.74, 6) is -0.0476. The monoisotopic (exact) mass is 512 g/mol. The minimum absolute atomic E-state index is 0.0671. The second-order valence-electron chi connectivity index (χ2n) is 8.49. The average Bonchev–Trinajstić information content (AvgIpc) is 2.97. The van der Waals surface area contributed by atoms with Crippen LogP contribution in [0.1, 0.15) is 27.3 Å². The van der Waals surface area contributed by atoms with Crippen LogP contribution in [-0.2, 0) is 12.8 Å². The van der Waals surface area contributed by atoms with E-state index in [1.807, 2.05) is 48.5 Å². The molecule has 9 heteroatoms. The van der Waals surface area contributed by atoms with Crippen molar-refractivity contribution in [1.82, 2.24) is 9.97 Å². The summed E-state index contributed by atoms with van der Waals surface area (Å²) in [6.07, 6.45) is 5.06. The molecule has 0 aliphatic carbocycles. The molecule has 0 aliphatic heterocycles. The zero-order chi connectivity index (χ0) is 26.9. The smallest absolute Gasteiger partial charge is 0.284 e. The Morgan fingerprint density at radius 1 is 0.842 bits per heavy atom. The van der Waals surface area contributed by atoms with E-state index >= 15 is 0 Å². The maximum Gasteiger partial charge on any atom is 0.284 e. The van der Waals surface area contributed by atoms with E-state index in [1.165, 1.54) is 26.4 Å². The summed E-state index contributed by atoms with van der Waals surface area (Å²) in [6, 6.07) is 21.3. The fraction of sp³-hybridized carbons (Fsp3) is 0.207. The Morgan fingerprint density at radius 3 is 1.87 bits per heavy atom. The van der Waals surface area contributed by atoms with E-state index < -0.39 is 10.7 Å². The first-order valence-electron chi connectivity index (χ1n) is 12.1. The van der Waals surface area contributed by atoms with E-state index in [0.29, 0.717) is 5.56 Å². The Labute approximate surface area is 220 Å². The molecule has 2 aromatic carbocycles. The molecule has 38 heavy (non-hydrogen) atoms. The van der Waals surface area contributed by atoms with Crippen molar-refractivity contribution in [2.24, 2.45) is 0 Å². The lowest BCUT2D eigenvalue weighted by molar-refractivity contribution is -0.385. The van der Waals surface area contributed by atoms with Crippen LogP contribution >= 0.6 is 0 Å². The number of methoxy groups -OCH3 is 2. The van der Waals surface area contributed by atoms with Gasteiger partial charge in [-0.1, -0.05) is 12.1 Å². The second-order valence-corrected chi connectivity index (χ2v) is 8.49. The maximum absolute atomic E-state index is 13.3. The van der Waals surface area contributed by atoms with Crippen LogP contribution in [0.4, 0.5) is 11.4 Å². The summed E-state index contributed by atoms with van der Waals surface area (Å²) in [7, 11) is 2.80. The van der Waals surface area contributed by atoms with Crippen molar-refractivity contribution >= 4 is 17.2 Å². The number of pyridine rings is 2. The Hall–Kier alpha value is -4.79. The predicted molar refractivity (Wildman–Crippen MR) is 144 cm³/mol. The minimum atomic E-state index is -0.597. The number of carbonyl (C=O) groups is 1. The normalized spacial score (nSPS) is 10.6. The third-order valence-electron chi connectivity index (χ3n) is 6.17. The number of rotatable bonds is 12. The molecule has 0 atom stereocenters. The van der Waals surface area contributed by atoms with Gasteiger partial charge in [-0.05, 0) is 48.5 Å². The molecule has 2 aromatic heterocycles. The van der Waals surface area contributed by atoms with Gasteiger partial charge in [0, 0.05) is 67.0 Å². The highest BCUT2D eigenvalue weighted by atomic mass is 16.6. The third-order valence-corrected chi connectivity index (χ3v) is 6.17. The van der Waals surface area contributed by atoms with E-state index in [4.69, 9.17) is 9.47 Å². The van der Waals surface area contributed by atoms with Gasteiger partial charge in [0.25, 0.3) is 5.69 Å². The minimum Gasteiger partial charge on any atom is -0.493 e. The van der Waals surface area contributed by atoms with Crippen molar-refractivity contribution in [1.29, 1.82) is 0 Å². The lowest BCUT2D eigenvalue weighted by Gasteiger charge is -2.25. The molecule has 0 amide bonds. The number of hydrogen-bond donors (Lipinski definition) is 0. The molecule has 0 saturated carbocycles. The van der Waals surface area contributed by atoms with E-state index in [9.17, 15) is 14.9 Å². The largest absolute Gasteiger partial charge is 0.493 e. The van der Waals surface area contributed by atoms with Crippen LogP contribution in [0, 0.1) is 10.1 Å². The molecule has 0 fully saturated rings. The van der Waals surface area contributed by atoms with E-state index in [1.54, 1.807) is 24.5 Å². The topological polar surface area (TPSA) is 108 Å². The number of hydrogen-bond acceptors (Lipinski definition) is 8. The SMILES string of the molecule is COc1cc(C(=O)c2ccc(N(CCc3ccccn3)CCc3ccccn3)cc2)c([N+](=O)[O-])cc1OC. The number of ether oxygens (including phenoxy) is 2. The van der Waals surface area contributed by atoms with Crippen molar-refractivity contribution in [2.45, 2.75) is 12.8 Å². The molecular formula is C29H28N4O5. The van der Waals surface area contributed by atoms with Gasteiger partial charge in [0.1, 0.15) is 5.56 Å². The molecule has 194 valence electrons. The van der Waals surface area contributed by atoms with Crippen LogP contribution < -0.4 is 14.4 Å². The number of nitro benzene ring substituents is 1. The van der Waals surface area contributed by atoms with Gasteiger partial charge < -0.3 is 14.4 Å². The second kappa shape index (κ2) is 12.4. The summed E-state index contributed by atoms with van der Waals surface area (Å²) < 4.78 is 10.4. The van der Waals surface area contributed by atoms with Gasteiger partial charge in [0.15, 0.2) is 17.3 Å². The molecule has 0 N–H and O–H groups in total. The molecule has 0 unspecified atom stereocenters. The Bertz CT molecular complexity index is 1340. The fourth-order valence-corrected chi connectivity index (χ4v) is 4.14. The van der Waals surface area contributed by atoms with E-state index in [-0.39, 0.29) is 22.7 Å². The van der Waals surface area contributed by atoms with Gasteiger partial charge in [-0.2, -0.15) is 0 Å². The number of nitro groups is 1. The third kappa shape index (κ3) is 6.31. The Kier molecular flexibility index (Phi) is 8.61. The first kappa shape index (κ1) is 26.3. The average molecular weight is 513 g/mol. The van der Waals surface area contributed by atoms with Crippen LogP contribution in [-0.4, -0.2) is 48.0 Å². The van der Waals surface area contributed by atoms with Crippen molar-refractivity contribution in [3.63, 3.8) is 0 Å². The highest BCUT2D eigenvalue weighted by Gasteiger charge is 2.25. The molecular weight excluding hydrogens is 484 g/mol. The molecule has 0 aliphatic rings. The molecule has 9 nitrogen and oxygen atoms in total. The van der Waals surface area contributed by atoms with Gasteiger partial charge in [0.05, 0.1) is 25.2 Å². The summed E-state index contributed by atoms with van der Waals surface area (Å²) in [5, 5.41) is 11.7. The first-order chi connectivity index (χ1) is 18.5. The van der Waals surface area contributed by atoms with Crippen LogP contribution in [0.15, 0.2) is 85.2 Å². The standard InChI is InChI=1S/C29H28N4O5/c1-37-27-19-25(26(33(35)36)20-28(27)38-2)29(34)21-9-11-24(12-10-21)32(17-13-22-7-3-5-15-30-22)18-14-23-8-4-6-16-31-23/h3-12,15-16,19-20H,13-14,17-18H2,1-2H3. The van der Waals surface area contributed by atoms with Crippen molar-refractivity contribution in [3.8, 4) is 11.5 Å². The molecule has 0 radical (unpaired) electrons. The molecule has 0 bridgehead atoms. The maximum atomic E-state index is 13.3. The van der Waals surface area contributed by atoms with Gasteiger partial charge in [-0.15, -0.1) is 0 Å². The number of ketones is 1. The van der Waals surface area contributed by atoms with Gasteiger partial charge in [0.2, 0.25) is 0 Å². The zero-order valence-corrected chi connectivity index (χ0v) is 21.2. The predicted octanol–water partition coefficient (Wildman–Crippen LogP) is 4.92. The highest BCUT2D eigenvalue weighted by Crippen LogP contribution is 2.35. The summed E-state index contributed by atoms with van der Waals surface area (Å²) in [5.41, 5.74) is 2.83. The molecule has 4 rings (SSSR count). The van der Waals surface area contributed by atoms with Crippen molar-refractivity contribution in [2.75, 3.05) is 32.2 Å². The first-order valence-corrected chi connectivity index (χ1v) is 12.1. The number of aromatic nitrogens is 2. The molecule has 0 saturated heterocycles. The number of anilines is 1. The number of carbonyl (C=O) groups excluding carboxylic acids is 1. The summed E-state index contributed by atoms with van der Waals surface area (Å²) in [4.78, 5) is 35.5. The van der Waals surface area contributed by atoms with Crippen LogP contribution in [0.3, 0.4) is 0 Å². The lowest BCUT2D eigenvalue weighted by Crippen LogP contribution is -2.28. The molecule has 0 spiro atoms. The van der Waals surface area contributed by atoms with Crippen LogP contribution in [0.2, 0.25) is 0 Å². The van der Waals surface area contributed by atoms with Crippen molar-refractivity contribution < 1.29 is 19.2 Å². The van der Waals surface area contributed by atoms with Crippen molar-refractivity contribution in [3.05, 3.63) is 118 Å². The van der Waals surface area contributed by atoms with E-state index in [2.05, 4.69) is 14.9 Å². The lowest BCUT2D eigenvalue weighted by atomic mass is 10.0. The Balaban J connectivity index is 1.58. The van der Waals surface area contributed by atoms with Crippen LogP contribution in [0.25, 0.3) is 0 Å². The Morgan fingerprint density at radius 2 is 1.39 bits per heavy atom. The van der Waals surface area contributed by atoms with E-state index in [0.717, 1.165) is 43.0 Å². The zero-order valence-electron chi connectivity index (χ0n) is 21.2. The number of benzene rings is 2. The molecule has 2 heterocycles. The number of nitrogens with zero attached hydrogens (tertiary/aromatic N) is 4. The summed E-state index contributed by atoms with van der Waals surface area (Å²) >= 11 is 0.